The van der Waals surface area contributed by atoms with Crippen molar-refractivity contribution in [2.45, 2.75) is 58.3 Å². The minimum absolute atomic E-state index is 0.0937. The Bertz CT molecular complexity index is 2180. The predicted molar refractivity (Wildman–Crippen MR) is 206 cm³/mol. The minimum Gasteiger partial charge on any atom is -0.482 e. The van der Waals surface area contributed by atoms with E-state index in [1.807, 2.05) is 42.9 Å². The first-order valence-electron chi connectivity index (χ1n) is 19.3. The maximum Gasteiger partial charge on any atom is 0.262 e. The number of anilines is 2. The molecule has 0 spiro atoms. The molecule has 6 heterocycles. The third-order valence-corrected chi connectivity index (χ3v) is 11.5. The van der Waals surface area contributed by atoms with Crippen LogP contribution in [0.3, 0.4) is 0 Å². The van der Waals surface area contributed by atoms with Gasteiger partial charge in [0, 0.05) is 81.4 Å². The number of benzene rings is 2. The standard InChI is InChI=1S/C41H46FN9O5/c1-25-34(29-19-36(38(43)44-21-29)56-26(2)28-4-3-5-30(42)18-28)23-50(46-25)24-48-16-14-47(15-17-48)22-27-10-12-49(13-11-27)31-6-7-32-33(20-31)41(55)51(40(32)54)35-8-9-37(52)45-39(35)53/h3-7,18-21,23,26-27,35H,8-17,22,24H2,1-2H3,(H2,43,44)(H,45,52,53)/t26-,35?/m1/s1. The molecule has 4 amide bonds. The Kier molecular flexibility index (Phi) is 10.3. The molecule has 1 unspecified atom stereocenters. The molecule has 3 N–H and O–H groups in total. The van der Waals surface area contributed by atoms with Crippen LogP contribution in [-0.4, -0.2) is 105 Å². The maximum atomic E-state index is 13.8. The zero-order chi connectivity index (χ0) is 39.1. The molecule has 292 valence electrons. The van der Waals surface area contributed by atoms with E-state index in [4.69, 9.17) is 15.6 Å². The average Bonchev–Trinajstić information content (AvgIpc) is 3.67. The van der Waals surface area contributed by atoms with Crippen LogP contribution in [0.2, 0.25) is 0 Å². The van der Waals surface area contributed by atoms with Gasteiger partial charge < -0.3 is 20.3 Å². The molecule has 14 nitrogen and oxygen atoms in total. The number of nitrogens with zero attached hydrogens (tertiary/aromatic N) is 7. The Balaban J connectivity index is 0.810. The average molecular weight is 764 g/mol. The number of nitrogens with two attached hydrogens (primary N) is 1. The summed E-state index contributed by atoms with van der Waals surface area (Å²) in [7, 11) is 0. The fraction of sp³-hybridized carbons (Fsp3) is 0.415. The number of hydrogen-bond acceptors (Lipinski definition) is 11. The molecule has 4 aromatic rings. The Morgan fingerprint density at radius 2 is 1.66 bits per heavy atom. The van der Waals surface area contributed by atoms with Gasteiger partial charge in [-0.15, -0.1) is 0 Å². The summed E-state index contributed by atoms with van der Waals surface area (Å²) in [5.41, 5.74) is 11.0. The second kappa shape index (κ2) is 15.5. The van der Waals surface area contributed by atoms with E-state index < -0.39 is 35.8 Å². The minimum atomic E-state index is -0.970. The molecule has 0 bridgehead atoms. The van der Waals surface area contributed by atoms with E-state index in [1.165, 1.54) is 12.1 Å². The highest BCUT2D eigenvalue weighted by atomic mass is 19.1. The number of piperidine rings is 2. The van der Waals surface area contributed by atoms with Crippen molar-refractivity contribution in [1.82, 2.24) is 34.8 Å². The van der Waals surface area contributed by atoms with E-state index in [-0.39, 0.29) is 24.5 Å². The third kappa shape index (κ3) is 7.60. The van der Waals surface area contributed by atoms with Gasteiger partial charge in [0.05, 0.1) is 23.5 Å². The molecule has 15 heteroatoms. The van der Waals surface area contributed by atoms with Crippen molar-refractivity contribution in [3.05, 3.63) is 89.1 Å². The van der Waals surface area contributed by atoms with E-state index in [0.717, 1.165) is 86.1 Å². The lowest BCUT2D eigenvalue weighted by atomic mass is 9.95. The lowest BCUT2D eigenvalue weighted by Crippen LogP contribution is -2.54. The van der Waals surface area contributed by atoms with Crippen LogP contribution in [0.5, 0.6) is 5.75 Å². The van der Waals surface area contributed by atoms with E-state index in [1.54, 1.807) is 24.4 Å². The second-order valence-corrected chi connectivity index (χ2v) is 15.3. The SMILES string of the molecule is Cc1nn(CN2CCN(CC3CCN(c4ccc5c(c4)C(=O)N(C4CCC(=O)NC4=O)C5=O)CC3)CC2)cc1-c1cnc(N)c(O[C@H](C)c2cccc(F)c2)c1. The van der Waals surface area contributed by atoms with Gasteiger partial charge in [0.25, 0.3) is 11.8 Å². The highest BCUT2D eigenvalue weighted by Gasteiger charge is 2.45. The van der Waals surface area contributed by atoms with Gasteiger partial charge in [-0.25, -0.2) is 9.37 Å². The van der Waals surface area contributed by atoms with Crippen LogP contribution in [0.15, 0.2) is 60.9 Å². The summed E-state index contributed by atoms with van der Waals surface area (Å²) < 4.78 is 21.9. The van der Waals surface area contributed by atoms with Crippen molar-refractivity contribution in [3.8, 4) is 16.9 Å². The summed E-state index contributed by atoms with van der Waals surface area (Å²) in [6.45, 7) is 11.1. The lowest BCUT2D eigenvalue weighted by molar-refractivity contribution is -0.136. The van der Waals surface area contributed by atoms with Gasteiger partial charge in [-0.05, 0) is 81.0 Å². The second-order valence-electron chi connectivity index (χ2n) is 15.3. The zero-order valence-electron chi connectivity index (χ0n) is 31.6. The number of nitrogens with one attached hydrogen (secondary N) is 1. The lowest BCUT2D eigenvalue weighted by Gasteiger charge is -2.39. The summed E-state index contributed by atoms with van der Waals surface area (Å²) >= 11 is 0. The normalized spacial score (nSPS) is 20.4. The van der Waals surface area contributed by atoms with Crippen molar-refractivity contribution in [1.29, 1.82) is 0 Å². The fourth-order valence-electron chi connectivity index (χ4n) is 8.30. The molecule has 4 aliphatic rings. The molecule has 2 aromatic heterocycles. The van der Waals surface area contributed by atoms with Crippen molar-refractivity contribution < 1.29 is 28.3 Å². The molecule has 0 saturated carbocycles. The number of aryl methyl sites for hydroxylation is 1. The van der Waals surface area contributed by atoms with E-state index in [2.05, 4.69) is 25.0 Å². The molecular formula is C41H46FN9O5. The van der Waals surface area contributed by atoms with Gasteiger partial charge in [0.2, 0.25) is 11.8 Å². The summed E-state index contributed by atoms with van der Waals surface area (Å²) in [5.74, 6) is -1.02. The Hall–Kier alpha value is -5.67. The Labute approximate surface area is 324 Å². The van der Waals surface area contributed by atoms with Crippen LogP contribution in [0.25, 0.3) is 11.1 Å². The van der Waals surface area contributed by atoms with Gasteiger partial charge in [-0.2, -0.15) is 5.10 Å². The largest absolute Gasteiger partial charge is 0.482 e. The summed E-state index contributed by atoms with van der Waals surface area (Å²) in [4.78, 5) is 63.1. The molecule has 0 radical (unpaired) electrons. The summed E-state index contributed by atoms with van der Waals surface area (Å²) in [6.07, 6.45) is 5.62. The third-order valence-electron chi connectivity index (χ3n) is 11.5. The van der Waals surface area contributed by atoms with Gasteiger partial charge in [0.15, 0.2) is 11.6 Å². The molecule has 2 aromatic carbocycles. The number of ether oxygens (including phenoxy) is 1. The number of halogens is 1. The van der Waals surface area contributed by atoms with Crippen LogP contribution >= 0.6 is 0 Å². The number of imide groups is 2. The van der Waals surface area contributed by atoms with Crippen LogP contribution in [0.1, 0.15) is 70.7 Å². The molecule has 4 aliphatic heterocycles. The van der Waals surface area contributed by atoms with Crippen LogP contribution in [0.4, 0.5) is 15.9 Å². The van der Waals surface area contributed by atoms with E-state index >= 15 is 0 Å². The Morgan fingerprint density at radius 3 is 2.41 bits per heavy atom. The first kappa shape index (κ1) is 37.3. The number of nitrogen functional groups attached to an aromatic ring is 1. The predicted octanol–water partition coefficient (Wildman–Crippen LogP) is 4.01. The monoisotopic (exact) mass is 763 g/mol. The molecule has 3 saturated heterocycles. The summed E-state index contributed by atoms with van der Waals surface area (Å²) in [5, 5.41) is 7.05. The van der Waals surface area contributed by atoms with Gasteiger partial charge >= 0.3 is 0 Å². The van der Waals surface area contributed by atoms with Crippen molar-refractivity contribution in [2.75, 3.05) is 56.4 Å². The van der Waals surface area contributed by atoms with Gasteiger partial charge in [-0.3, -0.25) is 39.0 Å². The van der Waals surface area contributed by atoms with Gasteiger partial charge in [0.1, 0.15) is 18.0 Å². The molecule has 2 atom stereocenters. The number of amides is 4. The van der Waals surface area contributed by atoms with E-state index in [9.17, 15) is 23.6 Å². The van der Waals surface area contributed by atoms with Crippen LogP contribution in [-0.2, 0) is 16.3 Å². The maximum absolute atomic E-state index is 13.8. The molecule has 3 fully saturated rings. The number of carbonyl (C=O) groups is 4. The molecular weight excluding hydrogens is 718 g/mol. The van der Waals surface area contributed by atoms with Crippen molar-refractivity contribution in [3.63, 3.8) is 0 Å². The number of piperazine rings is 1. The quantitative estimate of drug-likeness (QED) is 0.225. The highest BCUT2D eigenvalue weighted by molar-refractivity contribution is 6.23. The number of hydrogen-bond donors (Lipinski definition) is 2. The smallest absolute Gasteiger partial charge is 0.262 e. The first-order valence-corrected chi connectivity index (χ1v) is 19.3. The van der Waals surface area contributed by atoms with Crippen molar-refractivity contribution in [2.24, 2.45) is 5.92 Å². The molecule has 8 rings (SSSR count). The first-order chi connectivity index (χ1) is 27.0. The van der Waals surface area contributed by atoms with Crippen LogP contribution in [0, 0.1) is 18.7 Å². The molecule has 0 aliphatic carbocycles. The van der Waals surface area contributed by atoms with Gasteiger partial charge in [-0.1, -0.05) is 12.1 Å². The van der Waals surface area contributed by atoms with Crippen molar-refractivity contribution >= 4 is 35.1 Å². The summed E-state index contributed by atoms with van der Waals surface area (Å²) in [6, 6.07) is 12.6. The number of rotatable bonds is 10. The number of pyridine rings is 1. The van der Waals surface area contributed by atoms with Crippen LogP contribution < -0.4 is 20.7 Å². The number of aromatic nitrogens is 3. The number of carbonyl (C=O) groups excluding carboxylic acids is 4. The topological polar surface area (TPSA) is 159 Å². The highest BCUT2D eigenvalue weighted by Crippen LogP contribution is 2.34. The molecule has 56 heavy (non-hydrogen) atoms. The Morgan fingerprint density at radius 1 is 0.911 bits per heavy atom. The van der Waals surface area contributed by atoms with E-state index in [0.29, 0.717) is 35.0 Å². The zero-order valence-corrected chi connectivity index (χ0v) is 31.6. The fourth-order valence-corrected chi connectivity index (χ4v) is 8.30. The number of fused-ring (bicyclic) bond motifs is 1.